The smallest absolute Gasteiger partial charge is 0.0627 e. The monoisotopic (exact) mass is 259 g/mol. The van der Waals surface area contributed by atoms with Gasteiger partial charge in [0, 0.05) is 17.1 Å². The van der Waals surface area contributed by atoms with Gasteiger partial charge in [-0.2, -0.15) is 5.26 Å². The van der Waals surface area contributed by atoms with Crippen LogP contribution in [0, 0.1) is 16.7 Å². The van der Waals surface area contributed by atoms with E-state index < -0.39 is 0 Å². The van der Waals surface area contributed by atoms with Gasteiger partial charge >= 0.3 is 0 Å². The zero-order chi connectivity index (χ0) is 13.2. The third-order valence-corrected chi connectivity index (χ3v) is 5.04. The summed E-state index contributed by atoms with van der Waals surface area (Å²) in [7, 11) is 0. The van der Waals surface area contributed by atoms with Crippen LogP contribution < -0.4 is 0 Å². The summed E-state index contributed by atoms with van der Waals surface area (Å²) >= 11 is 1.90. The Kier molecular flexibility index (Phi) is 3.73. The Bertz CT molecular complexity index is 443. The van der Waals surface area contributed by atoms with Crippen LogP contribution in [-0.2, 0) is 5.41 Å². The van der Waals surface area contributed by atoms with Crippen molar-refractivity contribution in [1.29, 1.82) is 5.26 Å². The Hall–Kier alpha value is -0.940. The van der Waals surface area contributed by atoms with Crippen LogP contribution in [0.15, 0.2) is 29.2 Å². The van der Waals surface area contributed by atoms with Crippen molar-refractivity contribution in [2.45, 2.75) is 50.3 Å². The quantitative estimate of drug-likeness (QED) is 0.727. The van der Waals surface area contributed by atoms with Gasteiger partial charge in [-0.3, -0.25) is 0 Å². The summed E-state index contributed by atoms with van der Waals surface area (Å²) in [4.78, 5) is 1.33. The van der Waals surface area contributed by atoms with Crippen LogP contribution in [0.1, 0.15) is 45.6 Å². The first-order chi connectivity index (χ1) is 8.45. The number of hydrogen-bond acceptors (Lipinski definition) is 2. The topological polar surface area (TPSA) is 23.8 Å². The maximum atomic E-state index is 8.81. The molecular weight excluding hydrogens is 238 g/mol. The van der Waals surface area contributed by atoms with Gasteiger partial charge in [-0.1, -0.05) is 32.9 Å². The molecule has 1 saturated carbocycles. The lowest BCUT2D eigenvalue weighted by Crippen LogP contribution is -2.10. The fraction of sp³-hybridized carbons (Fsp3) is 0.562. The third-order valence-electron chi connectivity index (χ3n) is 3.68. The number of nitrogens with zero attached hydrogens (tertiary/aromatic N) is 1. The van der Waals surface area contributed by atoms with Crippen molar-refractivity contribution >= 4 is 11.8 Å². The molecule has 0 saturated heterocycles. The van der Waals surface area contributed by atoms with Crippen molar-refractivity contribution in [2.24, 2.45) is 5.41 Å². The van der Waals surface area contributed by atoms with Crippen LogP contribution in [-0.4, -0.2) is 5.75 Å². The highest BCUT2D eigenvalue weighted by atomic mass is 32.2. The molecule has 2 heteroatoms. The second kappa shape index (κ2) is 4.97. The second-order valence-electron chi connectivity index (χ2n) is 6.40. The summed E-state index contributed by atoms with van der Waals surface area (Å²) in [6.07, 6.45) is 3.18. The molecule has 1 nitrogen and oxygen atoms in total. The van der Waals surface area contributed by atoms with Crippen molar-refractivity contribution in [3.8, 4) is 6.07 Å². The highest BCUT2D eigenvalue weighted by Crippen LogP contribution is 2.51. The molecule has 1 aliphatic rings. The molecule has 1 aliphatic carbocycles. The van der Waals surface area contributed by atoms with Crippen molar-refractivity contribution in [3.05, 3.63) is 29.8 Å². The number of nitriles is 1. The molecule has 1 fully saturated rings. The van der Waals surface area contributed by atoms with Gasteiger partial charge in [0.15, 0.2) is 0 Å². The maximum absolute atomic E-state index is 8.81. The molecule has 96 valence electrons. The van der Waals surface area contributed by atoms with Gasteiger partial charge in [-0.05, 0) is 41.4 Å². The van der Waals surface area contributed by atoms with E-state index in [0.29, 0.717) is 5.41 Å². The minimum Gasteiger partial charge on any atom is -0.198 e. The highest BCUT2D eigenvalue weighted by molar-refractivity contribution is 7.99. The molecule has 0 spiro atoms. The molecule has 0 radical (unpaired) electrons. The van der Waals surface area contributed by atoms with E-state index in [1.54, 1.807) is 0 Å². The number of benzene rings is 1. The molecule has 1 aromatic carbocycles. The molecule has 0 N–H and O–H groups in total. The first-order valence-electron chi connectivity index (χ1n) is 6.56. The largest absolute Gasteiger partial charge is 0.198 e. The minimum absolute atomic E-state index is 0.224. The van der Waals surface area contributed by atoms with E-state index in [2.05, 4.69) is 51.1 Å². The molecule has 0 aromatic heterocycles. The van der Waals surface area contributed by atoms with Gasteiger partial charge in [-0.25, -0.2) is 0 Å². The number of thioether (sulfide) groups is 1. The predicted octanol–water partition coefficient (Wildman–Crippen LogP) is 4.77. The zero-order valence-electron chi connectivity index (χ0n) is 11.5. The molecular formula is C16H21NS. The summed E-state index contributed by atoms with van der Waals surface area (Å²) in [5, 5.41) is 8.81. The van der Waals surface area contributed by atoms with Gasteiger partial charge in [-0.15, -0.1) is 11.8 Å². The predicted molar refractivity (Wildman–Crippen MR) is 77.8 cm³/mol. The molecule has 1 aromatic rings. The van der Waals surface area contributed by atoms with Crippen molar-refractivity contribution in [1.82, 2.24) is 0 Å². The van der Waals surface area contributed by atoms with Crippen LogP contribution in [0.4, 0.5) is 0 Å². The first-order valence-corrected chi connectivity index (χ1v) is 7.54. The van der Waals surface area contributed by atoms with Crippen LogP contribution >= 0.6 is 11.8 Å². The molecule has 0 aliphatic heterocycles. The fourth-order valence-electron chi connectivity index (χ4n) is 2.00. The van der Waals surface area contributed by atoms with E-state index in [-0.39, 0.29) is 5.41 Å². The van der Waals surface area contributed by atoms with E-state index in [1.807, 2.05) is 11.8 Å². The van der Waals surface area contributed by atoms with Crippen molar-refractivity contribution in [2.75, 3.05) is 5.75 Å². The van der Waals surface area contributed by atoms with E-state index in [9.17, 15) is 0 Å². The summed E-state index contributed by atoms with van der Waals surface area (Å²) < 4.78 is 0. The Labute approximate surface area is 115 Å². The second-order valence-corrected chi connectivity index (χ2v) is 7.45. The number of hydrogen-bond donors (Lipinski definition) is 0. The standard InChI is InChI=1S/C16H21NS/c1-15(2,3)13-4-6-14(7-5-13)18-12-16(8-9-16)10-11-17/h4-7H,8-10,12H2,1-3H3. The lowest BCUT2D eigenvalue weighted by Gasteiger charge is -2.19. The lowest BCUT2D eigenvalue weighted by atomic mass is 9.87. The van der Waals surface area contributed by atoms with E-state index in [0.717, 1.165) is 12.2 Å². The van der Waals surface area contributed by atoms with Gasteiger partial charge in [0.25, 0.3) is 0 Å². The van der Waals surface area contributed by atoms with Crippen molar-refractivity contribution < 1.29 is 0 Å². The lowest BCUT2D eigenvalue weighted by molar-refractivity contribution is 0.589. The zero-order valence-corrected chi connectivity index (χ0v) is 12.3. The summed E-state index contributed by atoms with van der Waals surface area (Å²) in [5.74, 6) is 1.09. The Morgan fingerprint density at radius 3 is 2.28 bits per heavy atom. The van der Waals surface area contributed by atoms with Crippen LogP contribution in [0.3, 0.4) is 0 Å². The van der Waals surface area contributed by atoms with E-state index >= 15 is 0 Å². The Balaban J connectivity index is 1.93. The molecule has 0 heterocycles. The molecule has 0 bridgehead atoms. The molecule has 2 rings (SSSR count). The average Bonchev–Trinajstić information content (AvgIpc) is 3.07. The summed E-state index contributed by atoms with van der Waals surface area (Å²) in [5.41, 5.74) is 1.94. The molecule has 0 atom stereocenters. The first kappa shape index (κ1) is 13.5. The SMILES string of the molecule is CC(C)(C)c1ccc(SCC2(CC#N)CC2)cc1. The third kappa shape index (κ3) is 3.29. The van der Waals surface area contributed by atoms with Gasteiger partial charge in [0.05, 0.1) is 6.07 Å². The van der Waals surface area contributed by atoms with Gasteiger partial charge < -0.3 is 0 Å². The molecule has 0 amide bonds. The number of rotatable bonds is 4. The van der Waals surface area contributed by atoms with Gasteiger partial charge in [0.2, 0.25) is 0 Å². The Morgan fingerprint density at radius 1 is 1.22 bits per heavy atom. The molecule has 18 heavy (non-hydrogen) atoms. The van der Waals surface area contributed by atoms with Crippen LogP contribution in [0.2, 0.25) is 0 Å². The summed E-state index contributed by atoms with van der Waals surface area (Å²) in [6, 6.07) is 11.2. The fourth-order valence-corrected chi connectivity index (χ4v) is 3.20. The summed E-state index contributed by atoms with van der Waals surface area (Å²) in [6.45, 7) is 6.71. The van der Waals surface area contributed by atoms with E-state index in [4.69, 9.17) is 5.26 Å². The Morgan fingerprint density at radius 2 is 1.83 bits per heavy atom. The minimum atomic E-state index is 0.224. The maximum Gasteiger partial charge on any atom is 0.0627 e. The molecule has 0 unspecified atom stereocenters. The van der Waals surface area contributed by atoms with Crippen molar-refractivity contribution in [3.63, 3.8) is 0 Å². The average molecular weight is 259 g/mol. The van der Waals surface area contributed by atoms with Crippen LogP contribution in [0.5, 0.6) is 0 Å². The van der Waals surface area contributed by atoms with E-state index in [1.165, 1.54) is 23.3 Å². The van der Waals surface area contributed by atoms with Crippen LogP contribution in [0.25, 0.3) is 0 Å². The highest BCUT2D eigenvalue weighted by Gasteiger charge is 2.42. The van der Waals surface area contributed by atoms with Gasteiger partial charge in [0.1, 0.15) is 0 Å². The normalized spacial score (nSPS) is 17.2.